The fourth-order valence-electron chi connectivity index (χ4n) is 2.70. The number of carboxylic acid groups (broad SMARTS) is 1. The van der Waals surface area contributed by atoms with Crippen LogP contribution < -0.4 is 5.32 Å². The normalized spacial score (nSPS) is 18.6. The van der Waals surface area contributed by atoms with Crippen LogP contribution >= 0.6 is 0 Å². The smallest absolute Gasteiger partial charge is 0.328 e. The summed E-state index contributed by atoms with van der Waals surface area (Å²) in [5, 5.41) is 12.2. The summed E-state index contributed by atoms with van der Waals surface area (Å²) in [6, 6.07) is 10.1. The Hall–Kier alpha value is -2.36. The van der Waals surface area contributed by atoms with E-state index in [-0.39, 0.29) is 11.8 Å². The molecule has 0 saturated heterocycles. The quantitative estimate of drug-likeness (QED) is 0.793. The van der Waals surface area contributed by atoms with Crippen LogP contribution in [-0.4, -0.2) is 22.9 Å². The Balaban J connectivity index is 2.17. The number of benzene rings is 1. The number of hydrogen-bond acceptors (Lipinski definition) is 3. The molecule has 0 aromatic heterocycles. The summed E-state index contributed by atoms with van der Waals surface area (Å²) < 4.78 is 0. The molecule has 0 aliphatic carbocycles. The summed E-state index contributed by atoms with van der Waals surface area (Å²) in [5.74, 6) is -1.02. The molecule has 0 fully saturated rings. The molecule has 22 heavy (non-hydrogen) atoms. The Kier molecular flexibility index (Phi) is 5.53. The molecule has 1 aliphatic rings. The molecular weight excluding hydrogens is 278 g/mol. The minimum atomic E-state index is -1.04. The molecule has 1 atom stereocenters. The van der Waals surface area contributed by atoms with E-state index < -0.39 is 5.97 Å². The fourth-order valence-corrected chi connectivity index (χ4v) is 2.70. The van der Waals surface area contributed by atoms with Crippen molar-refractivity contribution in [3.63, 3.8) is 0 Å². The van der Waals surface area contributed by atoms with Crippen molar-refractivity contribution in [1.29, 1.82) is 0 Å². The van der Waals surface area contributed by atoms with Crippen molar-refractivity contribution in [2.45, 2.75) is 38.6 Å². The zero-order valence-corrected chi connectivity index (χ0v) is 12.7. The van der Waals surface area contributed by atoms with Gasteiger partial charge in [-0.1, -0.05) is 43.7 Å². The molecule has 4 heteroatoms. The van der Waals surface area contributed by atoms with Crippen LogP contribution in [0.25, 0.3) is 0 Å². The van der Waals surface area contributed by atoms with E-state index in [1.54, 1.807) is 0 Å². The Morgan fingerprint density at radius 2 is 2.09 bits per heavy atom. The van der Waals surface area contributed by atoms with E-state index in [9.17, 15) is 9.59 Å². The molecule has 1 aliphatic heterocycles. The third-order valence-corrected chi connectivity index (χ3v) is 3.65. The highest BCUT2D eigenvalue weighted by Crippen LogP contribution is 2.22. The second kappa shape index (κ2) is 7.59. The van der Waals surface area contributed by atoms with Crippen molar-refractivity contribution in [3.8, 4) is 0 Å². The summed E-state index contributed by atoms with van der Waals surface area (Å²) in [5.41, 5.74) is 2.55. The fraction of sp³-hybridized carbons (Fsp3) is 0.333. The third kappa shape index (κ3) is 4.32. The summed E-state index contributed by atoms with van der Waals surface area (Å²) >= 11 is 0. The molecule has 1 aromatic carbocycles. The van der Waals surface area contributed by atoms with Crippen LogP contribution in [0.3, 0.4) is 0 Å². The highest BCUT2D eigenvalue weighted by atomic mass is 16.4. The number of aliphatic carboxylic acids is 1. The van der Waals surface area contributed by atoms with Crippen LogP contribution in [0.1, 0.15) is 31.7 Å². The molecule has 0 spiro atoms. The molecule has 0 radical (unpaired) electrons. The first-order chi connectivity index (χ1) is 10.6. The highest BCUT2D eigenvalue weighted by Gasteiger charge is 2.25. The van der Waals surface area contributed by atoms with Crippen LogP contribution in [0.4, 0.5) is 0 Å². The Labute approximate surface area is 130 Å². The number of ketones is 1. The maximum atomic E-state index is 12.4. The first kappa shape index (κ1) is 16.0. The Morgan fingerprint density at radius 3 is 2.73 bits per heavy atom. The standard InChI is InChI=1S/C18H21NO3/c1-2-6-16-15(9-10-18(21)22)17(20)12-14(19-16)11-13-7-4-3-5-8-13/h3-5,7-10,14,19H,2,6,11-12H2,1H3,(H,21,22)/b10-9+. The lowest BCUT2D eigenvalue weighted by atomic mass is 9.91. The van der Waals surface area contributed by atoms with E-state index in [2.05, 4.69) is 17.4 Å². The monoisotopic (exact) mass is 299 g/mol. The molecular formula is C18H21NO3. The maximum absolute atomic E-state index is 12.4. The highest BCUT2D eigenvalue weighted by molar-refractivity contribution is 6.01. The first-order valence-electron chi connectivity index (χ1n) is 7.58. The van der Waals surface area contributed by atoms with E-state index >= 15 is 0 Å². The number of allylic oxidation sites excluding steroid dienone is 3. The number of nitrogens with one attached hydrogen (secondary N) is 1. The minimum absolute atomic E-state index is 0.0145. The van der Waals surface area contributed by atoms with Crippen LogP contribution in [0.15, 0.2) is 53.8 Å². The first-order valence-corrected chi connectivity index (χ1v) is 7.58. The molecule has 0 bridgehead atoms. The number of carboxylic acids is 1. The van der Waals surface area contributed by atoms with Gasteiger partial charge in [-0.25, -0.2) is 4.79 Å². The minimum Gasteiger partial charge on any atom is -0.478 e. The topological polar surface area (TPSA) is 66.4 Å². The van der Waals surface area contributed by atoms with E-state index in [4.69, 9.17) is 5.11 Å². The van der Waals surface area contributed by atoms with Gasteiger partial charge >= 0.3 is 5.97 Å². The summed E-state index contributed by atoms with van der Waals surface area (Å²) in [6.07, 6.45) is 5.27. The third-order valence-electron chi connectivity index (χ3n) is 3.65. The van der Waals surface area contributed by atoms with Gasteiger partial charge in [-0.15, -0.1) is 0 Å². The summed E-state index contributed by atoms with van der Waals surface area (Å²) in [6.45, 7) is 2.04. The van der Waals surface area contributed by atoms with Crippen LogP contribution in [0.2, 0.25) is 0 Å². The maximum Gasteiger partial charge on any atom is 0.328 e. The number of carbonyl (C=O) groups excluding carboxylic acids is 1. The SMILES string of the molecule is CCCC1=C(/C=C/C(=O)O)C(=O)CC(Cc2ccccc2)N1. The van der Waals surface area contributed by atoms with Gasteiger partial charge in [0, 0.05) is 29.8 Å². The summed E-state index contributed by atoms with van der Waals surface area (Å²) in [4.78, 5) is 23.0. The van der Waals surface area contributed by atoms with Gasteiger partial charge in [-0.3, -0.25) is 4.79 Å². The summed E-state index contributed by atoms with van der Waals surface area (Å²) in [7, 11) is 0. The Bertz CT molecular complexity index is 602. The lowest BCUT2D eigenvalue weighted by molar-refractivity contribution is -0.131. The predicted octanol–water partition coefficient (Wildman–Crippen LogP) is 2.86. The van der Waals surface area contributed by atoms with Crippen molar-refractivity contribution in [2.24, 2.45) is 0 Å². The lowest BCUT2D eigenvalue weighted by Crippen LogP contribution is -2.38. The Morgan fingerprint density at radius 1 is 1.36 bits per heavy atom. The molecule has 0 saturated carbocycles. The molecule has 0 amide bonds. The van der Waals surface area contributed by atoms with Crippen molar-refractivity contribution < 1.29 is 14.7 Å². The lowest BCUT2D eigenvalue weighted by Gasteiger charge is -2.28. The second-order valence-corrected chi connectivity index (χ2v) is 5.47. The number of Topliss-reactive ketones (excluding diaryl/α,β-unsaturated/α-hetero) is 1. The van der Waals surface area contributed by atoms with Crippen molar-refractivity contribution in [1.82, 2.24) is 5.32 Å². The van der Waals surface area contributed by atoms with E-state index in [1.165, 1.54) is 11.6 Å². The van der Waals surface area contributed by atoms with Gasteiger partial charge in [-0.05, 0) is 24.5 Å². The van der Waals surface area contributed by atoms with E-state index in [1.807, 2.05) is 25.1 Å². The number of hydrogen-bond donors (Lipinski definition) is 2. The van der Waals surface area contributed by atoms with Gasteiger partial charge in [0.25, 0.3) is 0 Å². The van der Waals surface area contributed by atoms with Gasteiger partial charge < -0.3 is 10.4 Å². The van der Waals surface area contributed by atoms with Crippen molar-refractivity contribution in [2.75, 3.05) is 0 Å². The molecule has 2 N–H and O–H groups in total. The second-order valence-electron chi connectivity index (χ2n) is 5.47. The molecule has 4 nitrogen and oxygen atoms in total. The van der Waals surface area contributed by atoms with Crippen molar-refractivity contribution in [3.05, 3.63) is 59.3 Å². The van der Waals surface area contributed by atoms with Gasteiger partial charge in [0.2, 0.25) is 0 Å². The van der Waals surface area contributed by atoms with Gasteiger partial charge in [0.1, 0.15) is 0 Å². The van der Waals surface area contributed by atoms with Gasteiger partial charge in [-0.2, -0.15) is 0 Å². The molecule has 2 rings (SSSR count). The number of carbonyl (C=O) groups is 2. The average Bonchev–Trinajstić information content (AvgIpc) is 2.47. The molecule has 1 heterocycles. The number of rotatable bonds is 6. The van der Waals surface area contributed by atoms with Crippen molar-refractivity contribution >= 4 is 11.8 Å². The van der Waals surface area contributed by atoms with Crippen LogP contribution in [0, 0.1) is 0 Å². The van der Waals surface area contributed by atoms with Crippen LogP contribution in [0.5, 0.6) is 0 Å². The van der Waals surface area contributed by atoms with E-state index in [0.29, 0.717) is 12.0 Å². The molecule has 1 aromatic rings. The van der Waals surface area contributed by atoms with Gasteiger partial charge in [0.05, 0.1) is 0 Å². The zero-order chi connectivity index (χ0) is 15.9. The molecule has 1 unspecified atom stereocenters. The van der Waals surface area contributed by atoms with E-state index in [0.717, 1.165) is 31.0 Å². The largest absolute Gasteiger partial charge is 0.478 e. The van der Waals surface area contributed by atoms with Gasteiger partial charge in [0.15, 0.2) is 5.78 Å². The average molecular weight is 299 g/mol. The zero-order valence-electron chi connectivity index (χ0n) is 12.7. The predicted molar refractivity (Wildman–Crippen MR) is 85.4 cm³/mol. The molecule has 116 valence electrons. The van der Waals surface area contributed by atoms with Crippen LogP contribution in [-0.2, 0) is 16.0 Å².